The van der Waals surface area contributed by atoms with Crippen molar-refractivity contribution in [1.29, 1.82) is 5.26 Å². The zero-order valence-corrected chi connectivity index (χ0v) is 9.90. The number of hydrogen-bond donors (Lipinski definition) is 2. The van der Waals surface area contributed by atoms with Crippen molar-refractivity contribution in [3.8, 4) is 5.40 Å². The minimum absolute atomic E-state index is 0.507. The lowest BCUT2D eigenvalue weighted by Gasteiger charge is -1.75. The maximum atomic E-state index is 8.18. The van der Waals surface area contributed by atoms with E-state index in [1.54, 1.807) is 12.4 Å². The molecule has 0 spiro atoms. The van der Waals surface area contributed by atoms with E-state index in [-0.39, 0.29) is 0 Å². The molecule has 15 heavy (non-hydrogen) atoms. The predicted octanol–water partition coefficient (Wildman–Crippen LogP) is 2.02. The number of hydrogen-bond acceptors (Lipinski definition) is 8. The monoisotopic (exact) mass is 257 g/mol. The number of anilines is 2. The van der Waals surface area contributed by atoms with Crippen molar-refractivity contribution in [2.45, 2.75) is 4.21 Å². The van der Waals surface area contributed by atoms with Crippen LogP contribution < -0.4 is 11.5 Å². The summed E-state index contributed by atoms with van der Waals surface area (Å²) in [5.74, 6) is 0. The van der Waals surface area contributed by atoms with Gasteiger partial charge in [0.25, 0.3) is 0 Å². The molecule has 0 saturated heterocycles. The SMILES string of the molecule is N#CSc1cnc(N)s1.Nc1nccs1. The molecule has 4 N–H and O–H groups in total. The lowest BCUT2D eigenvalue weighted by atomic mass is 11.0. The molecule has 0 amide bonds. The molecule has 2 rings (SSSR count). The molecule has 0 aliphatic carbocycles. The van der Waals surface area contributed by atoms with Crippen molar-refractivity contribution in [2.24, 2.45) is 0 Å². The van der Waals surface area contributed by atoms with Crippen molar-refractivity contribution in [1.82, 2.24) is 9.97 Å². The third-order valence-electron chi connectivity index (χ3n) is 1.10. The van der Waals surface area contributed by atoms with Crippen LogP contribution in [-0.4, -0.2) is 9.97 Å². The number of nitrogens with two attached hydrogens (primary N) is 2. The highest BCUT2D eigenvalue weighted by molar-refractivity contribution is 8.05. The highest BCUT2D eigenvalue weighted by Gasteiger charge is 1.95. The third kappa shape index (κ3) is 4.64. The second-order valence-electron chi connectivity index (χ2n) is 2.08. The largest absolute Gasteiger partial charge is 0.375 e. The summed E-state index contributed by atoms with van der Waals surface area (Å²) in [6.45, 7) is 0. The van der Waals surface area contributed by atoms with Gasteiger partial charge >= 0.3 is 0 Å². The Bertz CT molecular complexity index is 430. The summed E-state index contributed by atoms with van der Waals surface area (Å²) in [7, 11) is 0. The van der Waals surface area contributed by atoms with E-state index in [0.717, 1.165) is 16.0 Å². The molecule has 8 heteroatoms. The molecule has 2 aromatic rings. The Kier molecular flexibility index (Phi) is 4.89. The van der Waals surface area contributed by atoms with Crippen LogP contribution >= 0.6 is 34.4 Å². The minimum Gasteiger partial charge on any atom is -0.375 e. The molecule has 0 fully saturated rings. The smallest absolute Gasteiger partial charge is 0.181 e. The first-order chi connectivity index (χ1) is 7.22. The topological polar surface area (TPSA) is 102 Å². The zero-order valence-electron chi connectivity index (χ0n) is 7.45. The number of thiazole rings is 2. The first-order valence-electron chi connectivity index (χ1n) is 3.64. The first-order valence-corrected chi connectivity index (χ1v) is 6.16. The maximum Gasteiger partial charge on any atom is 0.181 e. The van der Waals surface area contributed by atoms with Crippen molar-refractivity contribution in [2.75, 3.05) is 11.5 Å². The number of thioether (sulfide) groups is 1. The standard InChI is InChI=1S/C4H3N3S2.C3H4N2S/c5-2-8-3-1-7-4(6)9-3;4-3-5-1-2-6-3/h1H,(H2,6,7);1-2H,(H2,4,5). The van der Waals surface area contributed by atoms with E-state index in [4.69, 9.17) is 16.7 Å². The van der Waals surface area contributed by atoms with E-state index in [0.29, 0.717) is 10.3 Å². The Morgan fingerprint density at radius 2 is 2.13 bits per heavy atom. The van der Waals surface area contributed by atoms with Gasteiger partial charge in [0.15, 0.2) is 10.3 Å². The zero-order chi connectivity index (χ0) is 11.1. The highest BCUT2D eigenvalue weighted by Crippen LogP contribution is 2.24. The van der Waals surface area contributed by atoms with Crippen molar-refractivity contribution in [3.05, 3.63) is 17.8 Å². The number of aromatic nitrogens is 2. The lowest BCUT2D eigenvalue weighted by Crippen LogP contribution is -1.77. The molecule has 78 valence electrons. The number of thiocyanates is 1. The number of rotatable bonds is 1. The van der Waals surface area contributed by atoms with Gasteiger partial charge < -0.3 is 11.5 Å². The molecule has 0 aliphatic rings. The van der Waals surface area contributed by atoms with Crippen LogP contribution in [0.2, 0.25) is 0 Å². The average molecular weight is 257 g/mol. The van der Waals surface area contributed by atoms with Crippen LogP contribution in [0, 0.1) is 10.7 Å². The molecule has 2 heterocycles. The summed E-state index contributed by atoms with van der Waals surface area (Å²) in [6, 6.07) is 0. The van der Waals surface area contributed by atoms with Crippen LogP contribution in [0.15, 0.2) is 22.0 Å². The Morgan fingerprint density at radius 1 is 1.33 bits per heavy atom. The molecule has 0 atom stereocenters. The molecule has 0 radical (unpaired) electrons. The van der Waals surface area contributed by atoms with Gasteiger partial charge in [0, 0.05) is 23.3 Å². The van der Waals surface area contributed by atoms with Crippen molar-refractivity contribution >= 4 is 44.7 Å². The van der Waals surface area contributed by atoms with Gasteiger partial charge in [-0.05, 0) is 0 Å². The fourth-order valence-electron chi connectivity index (χ4n) is 0.599. The van der Waals surface area contributed by atoms with Crippen LogP contribution in [0.4, 0.5) is 10.3 Å². The van der Waals surface area contributed by atoms with Crippen molar-refractivity contribution < 1.29 is 0 Å². The van der Waals surface area contributed by atoms with Crippen LogP contribution in [0.3, 0.4) is 0 Å². The lowest BCUT2D eigenvalue weighted by molar-refractivity contribution is 1.38. The van der Waals surface area contributed by atoms with E-state index in [1.165, 1.54) is 22.7 Å². The van der Waals surface area contributed by atoms with Gasteiger partial charge in [0.1, 0.15) is 5.40 Å². The van der Waals surface area contributed by atoms with Gasteiger partial charge in [-0.15, -0.1) is 11.3 Å². The minimum atomic E-state index is 0.507. The molecule has 2 aromatic heterocycles. The van der Waals surface area contributed by atoms with Gasteiger partial charge in [0.2, 0.25) is 0 Å². The van der Waals surface area contributed by atoms with Gasteiger partial charge in [-0.25, -0.2) is 9.97 Å². The van der Waals surface area contributed by atoms with E-state index in [2.05, 4.69) is 9.97 Å². The number of nitriles is 1. The average Bonchev–Trinajstić information content (AvgIpc) is 2.80. The second-order valence-corrected chi connectivity index (χ2v) is 5.15. The Hall–Kier alpha value is -1.30. The fraction of sp³-hybridized carbons (Fsp3) is 0. The van der Waals surface area contributed by atoms with E-state index in [9.17, 15) is 0 Å². The molecule has 5 nitrogen and oxygen atoms in total. The predicted molar refractivity (Wildman–Crippen MR) is 64.5 cm³/mol. The van der Waals surface area contributed by atoms with E-state index >= 15 is 0 Å². The normalized spacial score (nSPS) is 8.73. The van der Waals surface area contributed by atoms with Gasteiger partial charge in [-0.1, -0.05) is 11.3 Å². The van der Waals surface area contributed by atoms with E-state index in [1.807, 2.05) is 10.8 Å². The summed E-state index contributed by atoms with van der Waals surface area (Å²) in [6.07, 6.45) is 3.27. The Balaban J connectivity index is 0.000000162. The highest BCUT2D eigenvalue weighted by atomic mass is 32.2. The molecular formula is C7H7N5S3. The summed E-state index contributed by atoms with van der Waals surface area (Å²) < 4.78 is 0.843. The van der Waals surface area contributed by atoms with Gasteiger partial charge in [-0.2, -0.15) is 5.26 Å². The third-order valence-corrected chi connectivity index (χ3v) is 3.22. The maximum absolute atomic E-state index is 8.18. The summed E-state index contributed by atoms with van der Waals surface area (Å²) >= 11 is 3.84. The number of nitrogen functional groups attached to an aromatic ring is 2. The quantitative estimate of drug-likeness (QED) is 0.598. The van der Waals surface area contributed by atoms with Gasteiger partial charge in [-0.3, -0.25) is 0 Å². The second kappa shape index (κ2) is 6.23. The number of nitrogens with zero attached hydrogens (tertiary/aromatic N) is 3. The summed E-state index contributed by atoms with van der Waals surface area (Å²) in [4.78, 5) is 7.47. The summed E-state index contributed by atoms with van der Waals surface area (Å²) in [5, 5.41) is 13.1. The molecule has 0 saturated carbocycles. The molecule has 0 unspecified atom stereocenters. The molecule has 0 bridgehead atoms. The fourth-order valence-corrected chi connectivity index (χ4v) is 2.13. The van der Waals surface area contributed by atoms with Crippen LogP contribution in [0.5, 0.6) is 0 Å². The van der Waals surface area contributed by atoms with Crippen LogP contribution in [0.25, 0.3) is 0 Å². The van der Waals surface area contributed by atoms with Crippen LogP contribution in [0.1, 0.15) is 0 Å². The van der Waals surface area contributed by atoms with Crippen molar-refractivity contribution in [3.63, 3.8) is 0 Å². The first kappa shape index (κ1) is 11.8. The molecule has 0 aromatic carbocycles. The van der Waals surface area contributed by atoms with Gasteiger partial charge in [0.05, 0.1) is 10.4 Å². The van der Waals surface area contributed by atoms with E-state index < -0.39 is 0 Å². The summed E-state index contributed by atoms with van der Waals surface area (Å²) in [5.41, 5.74) is 10.5. The molecular weight excluding hydrogens is 250 g/mol. The Labute approximate surface area is 98.8 Å². The Morgan fingerprint density at radius 3 is 2.47 bits per heavy atom. The van der Waals surface area contributed by atoms with Crippen LogP contribution in [-0.2, 0) is 0 Å². The molecule has 0 aliphatic heterocycles.